The number of hydrogen-bond acceptors (Lipinski definition) is 9. The summed E-state index contributed by atoms with van der Waals surface area (Å²) in [6, 6.07) is 13.7. The summed E-state index contributed by atoms with van der Waals surface area (Å²) in [5.74, 6) is -1.16. The minimum Gasteiger partial charge on any atom is -0.443 e. The van der Waals surface area contributed by atoms with Crippen LogP contribution in [-0.4, -0.2) is 31.8 Å². The second-order valence-corrected chi connectivity index (χ2v) is 7.98. The number of aromatic nitrogens is 3. The molecule has 2 aromatic heterocycles. The third kappa shape index (κ3) is 5.22. The molecular formula is C22H14ClN5O5S. The van der Waals surface area contributed by atoms with Crippen molar-refractivity contribution >= 4 is 46.2 Å². The lowest BCUT2D eigenvalue weighted by Gasteiger charge is -2.18. The maximum absolute atomic E-state index is 13.1. The van der Waals surface area contributed by atoms with Crippen LogP contribution in [0, 0.1) is 10.1 Å². The van der Waals surface area contributed by atoms with Crippen LogP contribution in [0.4, 0.5) is 11.4 Å². The smallest absolute Gasteiger partial charge is 0.358 e. The Morgan fingerprint density at radius 2 is 1.82 bits per heavy atom. The molecule has 0 aliphatic carbocycles. The molecule has 0 saturated carbocycles. The number of esters is 1. The number of nitro benzene ring substituents is 1. The molecule has 0 aliphatic heterocycles. The first-order valence-electron chi connectivity index (χ1n) is 9.66. The zero-order valence-corrected chi connectivity index (χ0v) is 18.7. The van der Waals surface area contributed by atoms with Crippen molar-refractivity contribution in [3.63, 3.8) is 0 Å². The number of amides is 1. The number of nitrogens with zero attached hydrogens (tertiary/aromatic N) is 4. The van der Waals surface area contributed by atoms with Crippen molar-refractivity contribution in [3.8, 4) is 10.8 Å². The topological polar surface area (TPSA) is 137 Å². The fraction of sp³-hybridized carbons (Fsp3) is 0.0455. The van der Waals surface area contributed by atoms with E-state index >= 15 is 0 Å². The van der Waals surface area contributed by atoms with Gasteiger partial charge in [0.2, 0.25) is 6.10 Å². The van der Waals surface area contributed by atoms with Gasteiger partial charge >= 0.3 is 5.97 Å². The van der Waals surface area contributed by atoms with Gasteiger partial charge in [0.1, 0.15) is 0 Å². The highest BCUT2D eigenvalue weighted by atomic mass is 35.5. The molecule has 34 heavy (non-hydrogen) atoms. The van der Waals surface area contributed by atoms with Crippen LogP contribution < -0.4 is 5.32 Å². The van der Waals surface area contributed by atoms with E-state index in [0.29, 0.717) is 16.4 Å². The number of carbonyl (C=O) groups excluding carboxylic acids is 2. The Morgan fingerprint density at radius 3 is 2.50 bits per heavy atom. The monoisotopic (exact) mass is 495 g/mol. The molecule has 2 heterocycles. The Hall–Kier alpha value is -4.22. The van der Waals surface area contributed by atoms with Crippen LogP contribution in [0.25, 0.3) is 10.8 Å². The van der Waals surface area contributed by atoms with Crippen molar-refractivity contribution in [1.82, 2.24) is 15.0 Å². The summed E-state index contributed by atoms with van der Waals surface area (Å²) in [5, 5.41) is 15.3. The van der Waals surface area contributed by atoms with Crippen molar-refractivity contribution in [1.29, 1.82) is 0 Å². The SMILES string of the molecule is O=C(OC(C(=O)Nc1ccc([N+](=O)[O-])cc1Cl)c1ccccc1)c1csc(-c2ncccn2)n1. The second-order valence-electron chi connectivity index (χ2n) is 6.72. The number of carbonyl (C=O) groups is 2. The van der Waals surface area contributed by atoms with Crippen molar-refractivity contribution in [2.75, 3.05) is 5.32 Å². The number of nitrogens with one attached hydrogen (secondary N) is 1. The second kappa shape index (κ2) is 10.1. The minimum atomic E-state index is -1.34. The molecule has 0 bridgehead atoms. The van der Waals surface area contributed by atoms with Gasteiger partial charge in [-0.2, -0.15) is 0 Å². The van der Waals surface area contributed by atoms with Crippen LogP contribution in [0.1, 0.15) is 22.2 Å². The number of nitro groups is 1. The predicted octanol–water partition coefficient (Wildman–Crippen LogP) is 4.70. The largest absolute Gasteiger partial charge is 0.443 e. The van der Waals surface area contributed by atoms with Gasteiger partial charge in [-0.3, -0.25) is 14.9 Å². The maximum atomic E-state index is 13.1. The lowest BCUT2D eigenvalue weighted by molar-refractivity contribution is -0.384. The highest BCUT2D eigenvalue weighted by Gasteiger charge is 2.28. The lowest BCUT2D eigenvalue weighted by Crippen LogP contribution is -2.26. The number of hydrogen-bond donors (Lipinski definition) is 1. The Morgan fingerprint density at radius 1 is 1.09 bits per heavy atom. The Balaban J connectivity index is 1.56. The molecule has 170 valence electrons. The fourth-order valence-electron chi connectivity index (χ4n) is 2.87. The molecule has 4 rings (SSSR count). The molecular weight excluding hydrogens is 482 g/mol. The number of ether oxygens (including phenoxy) is 1. The first-order valence-corrected chi connectivity index (χ1v) is 10.9. The van der Waals surface area contributed by atoms with Crippen LogP contribution in [0.3, 0.4) is 0 Å². The van der Waals surface area contributed by atoms with Gasteiger partial charge in [0, 0.05) is 35.5 Å². The van der Waals surface area contributed by atoms with Crippen molar-refractivity contribution in [2.45, 2.75) is 6.10 Å². The van der Waals surface area contributed by atoms with E-state index in [4.69, 9.17) is 16.3 Å². The molecule has 0 fully saturated rings. The molecule has 1 amide bonds. The van der Waals surface area contributed by atoms with Crippen LogP contribution in [0.5, 0.6) is 0 Å². The van der Waals surface area contributed by atoms with E-state index in [9.17, 15) is 19.7 Å². The van der Waals surface area contributed by atoms with Gasteiger partial charge < -0.3 is 10.1 Å². The van der Waals surface area contributed by atoms with E-state index in [2.05, 4.69) is 20.3 Å². The summed E-state index contributed by atoms with van der Waals surface area (Å²) in [6.45, 7) is 0. The molecule has 1 unspecified atom stereocenters. The zero-order valence-electron chi connectivity index (χ0n) is 17.1. The van der Waals surface area contributed by atoms with Gasteiger partial charge in [-0.25, -0.2) is 19.7 Å². The number of thiazole rings is 1. The first kappa shape index (κ1) is 23.0. The van der Waals surface area contributed by atoms with Gasteiger partial charge in [-0.15, -0.1) is 11.3 Å². The van der Waals surface area contributed by atoms with E-state index in [1.165, 1.54) is 17.5 Å². The van der Waals surface area contributed by atoms with Gasteiger partial charge in [-0.1, -0.05) is 41.9 Å². The molecule has 0 aliphatic rings. The van der Waals surface area contributed by atoms with E-state index in [1.807, 2.05) is 0 Å². The Kier molecular flexibility index (Phi) is 6.85. The molecule has 10 nitrogen and oxygen atoms in total. The Bertz CT molecular complexity index is 1350. The summed E-state index contributed by atoms with van der Waals surface area (Å²) in [7, 11) is 0. The standard InChI is InChI=1S/C22H14ClN5O5S/c23-15-11-14(28(31)32)7-8-16(15)26-20(29)18(13-5-2-1-3-6-13)33-22(30)17-12-34-21(27-17)19-24-9-4-10-25-19/h1-12,18H,(H,26,29). The average Bonchev–Trinajstić information content (AvgIpc) is 3.35. The average molecular weight is 496 g/mol. The van der Waals surface area contributed by atoms with E-state index in [-0.39, 0.29) is 22.1 Å². The van der Waals surface area contributed by atoms with E-state index in [0.717, 1.165) is 17.4 Å². The number of benzene rings is 2. The number of halogens is 1. The lowest BCUT2D eigenvalue weighted by atomic mass is 10.1. The molecule has 1 atom stereocenters. The summed E-state index contributed by atoms with van der Waals surface area (Å²) >= 11 is 7.24. The summed E-state index contributed by atoms with van der Waals surface area (Å²) < 4.78 is 5.51. The molecule has 0 radical (unpaired) electrons. The van der Waals surface area contributed by atoms with Crippen LogP contribution in [0.2, 0.25) is 5.02 Å². The third-order valence-electron chi connectivity index (χ3n) is 4.46. The quantitative estimate of drug-likeness (QED) is 0.221. The fourth-order valence-corrected chi connectivity index (χ4v) is 3.82. The Labute approximate surface area is 201 Å². The van der Waals surface area contributed by atoms with E-state index < -0.39 is 22.9 Å². The molecule has 0 spiro atoms. The summed E-state index contributed by atoms with van der Waals surface area (Å²) in [6.07, 6.45) is 1.78. The van der Waals surface area contributed by atoms with Gasteiger partial charge in [-0.05, 0) is 12.1 Å². The van der Waals surface area contributed by atoms with Crippen LogP contribution in [0.15, 0.2) is 72.4 Å². The van der Waals surface area contributed by atoms with Gasteiger partial charge in [0.05, 0.1) is 15.6 Å². The summed E-state index contributed by atoms with van der Waals surface area (Å²) in [4.78, 5) is 48.6. The molecule has 1 N–H and O–H groups in total. The normalized spacial score (nSPS) is 11.4. The number of non-ortho nitro benzene ring substituents is 1. The van der Waals surface area contributed by atoms with Crippen LogP contribution in [-0.2, 0) is 9.53 Å². The van der Waals surface area contributed by atoms with Gasteiger partial charge in [0.25, 0.3) is 11.6 Å². The van der Waals surface area contributed by atoms with Crippen LogP contribution >= 0.6 is 22.9 Å². The molecule has 12 heteroatoms. The highest BCUT2D eigenvalue weighted by molar-refractivity contribution is 7.13. The highest BCUT2D eigenvalue weighted by Crippen LogP contribution is 2.29. The van der Waals surface area contributed by atoms with E-state index in [1.54, 1.807) is 48.8 Å². The van der Waals surface area contributed by atoms with Crippen molar-refractivity contribution in [2.24, 2.45) is 0 Å². The third-order valence-corrected chi connectivity index (χ3v) is 5.61. The molecule has 4 aromatic rings. The number of anilines is 1. The molecule has 2 aromatic carbocycles. The number of rotatable bonds is 7. The predicted molar refractivity (Wildman–Crippen MR) is 124 cm³/mol. The summed E-state index contributed by atoms with van der Waals surface area (Å²) in [5.41, 5.74) is 0.310. The van der Waals surface area contributed by atoms with Gasteiger partial charge in [0.15, 0.2) is 16.5 Å². The first-order chi connectivity index (χ1) is 16.4. The minimum absolute atomic E-state index is 0.00504. The van der Waals surface area contributed by atoms with Crippen molar-refractivity contribution in [3.05, 3.63) is 98.8 Å². The maximum Gasteiger partial charge on any atom is 0.358 e. The molecule has 0 saturated heterocycles. The van der Waals surface area contributed by atoms with Crippen molar-refractivity contribution < 1.29 is 19.2 Å². The zero-order chi connectivity index (χ0) is 24.1.